The molecule has 0 aliphatic carbocycles. The summed E-state index contributed by atoms with van der Waals surface area (Å²) < 4.78 is 42.9. The second-order valence-corrected chi connectivity index (χ2v) is 10.7. The summed E-state index contributed by atoms with van der Waals surface area (Å²) in [5, 5.41) is 7.45. The van der Waals surface area contributed by atoms with Crippen LogP contribution >= 0.6 is 0 Å². The van der Waals surface area contributed by atoms with Crippen LogP contribution < -0.4 is 20.3 Å². The highest BCUT2D eigenvalue weighted by Gasteiger charge is 2.25. The maximum atomic E-state index is 15.1. The van der Waals surface area contributed by atoms with Crippen molar-refractivity contribution in [3.05, 3.63) is 60.1 Å². The lowest BCUT2D eigenvalue weighted by atomic mass is 10.1. The average molecular weight is 565 g/mol. The van der Waals surface area contributed by atoms with Crippen LogP contribution in [0.15, 0.2) is 42.9 Å². The van der Waals surface area contributed by atoms with E-state index in [1.807, 2.05) is 17.0 Å². The highest BCUT2D eigenvalue weighted by Crippen LogP contribution is 2.31. The fourth-order valence-electron chi connectivity index (χ4n) is 5.57. The van der Waals surface area contributed by atoms with Gasteiger partial charge in [0.2, 0.25) is 5.95 Å². The van der Waals surface area contributed by atoms with E-state index in [9.17, 15) is 0 Å². The number of morpholine rings is 1. The van der Waals surface area contributed by atoms with Gasteiger partial charge in [-0.25, -0.2) is 18.7 Å². The number of aromatic nitrogens is 4. The predicted octanol–water partition coefficient (Wildman–Crippen LogP) is 3.86. The molecule has 0 bridgehead atoms. The van der Waals surface area contributed by atoms with Crippen molar-refractivity contribution in [2.75, 3.05) is 56.7 Å². The third kappa shape index (κ3) is 5.81. The van der Waals surface area contributed by atoms with Gasteiger partial charge in [0.15, 0.2) is 11.6 Å². The predicted molar refractivity (Wildman–Crippen MR) is 153 cm³/mol. The number of hydrogen-bond acceptors (Lipinski definition) is 9. The lowest BCUT2D eigenvalue weighted by Crippen LogP contribution is -2.54. The minimum Gasteiger partial charge on any atom is -0.493 e. The van der Waals surface area contributed by atoms with Gasteiger partial charge in [-0.2, -0.15) is 4.98 Å². The summed E-state index contributed by atoms with van der Waals surface area (Å²) in [6, 6.07) is 7.04. The molecule has 4 aromatic rings. The highest BCUT2D eigenvalue weighted by atomic mass is 19.1. The molecule has 2 unspecified atom stereocenters. The number of benzene rings is 1. The Kier molecular flexibility index (Phi) is 7.69. The number of methoxy groups -OCH3 is 1. The Morgan fingerprint density at radius 3 is 2.49 bits per heavy atom. The Balaban J connectivity index is 1.25. The molecule has 41 heavy (non-hydrogen) atoms. The van der Waals surface area contributed by atoms with E-state index in [4.69, 9.17) is 9.47 Å². The van der Waals surface area contributed by atoms with E-state index in [0.29, 0.717) is 67.1 Å². The first-order valence-electron chi connectivity index (χ1n) is 13.8. The quantitative estimate of drug-likeness (QED) is 0.347. The second-order valence-electron chi connectivity index (χ2n) is 10.7. The molecule has 2 atom stereocenters. The smallest absolute Gasteiger partial charge is 0.229 e. The molecule has 2 N–H and O–H groups in total. The van der Waals surface area contributed by atoms with Crippen molar-refractivity contribution in [1.29, 1.82) is 0 Å². The monoisotopic (exact) mass is 564 g/mol. The lowest BCUT2D eigenvalue weighted by molar-refractivity contribution is 0.0332. The molecular formula is C29H34F2N8O2. The molecule has 1 aromatic carbocycles. The molecule has 0 saturated carbocycles. The topological polar surface area (TPSA) is 92.6 Å². The molecule has 12 heteroatoms. The van der Waals surface area contributed by atoms with Crippen molar-refractivity contribution in [2.45, 2.75) is 32.5 Å². The van der Waals surface area contributed by atoms with Gasteiger partial charge in [0, 0.05) is 74.2 Å². The van der Waals surface area contributed by atoms with Crippen LogP contribution in [-0.4, -0.2) is 83.0 Å². The summed E-state index contributed by atoms with van der Waals surface area (Å²) >= 11 is 0. The Bertz CT molecular complexity index is 1510. The van der Waals surface area contributed by atoms with E-state index >= 15 is 8.78 Å². The number of nitrogens with zero attached hydrogens (tertiary/aromatic N) is 6. The molecular weight excluding hydrogens is 530 g/mol. The van der Waals surface area contributed by atoms with E-state index in [1.54, 1.807) is 30.3 Å². The van der Waals surface area contributed by atoms with Crippen molar-refractivity contribution < 1.29 is 18.3 Å². The third-order valence-corrected chi connectivity index (χ3v) is 7.48. The largest absolute Gasteiger partial charge is 0.493 e. The molecule has 0 spiro atoms. The third-order valence-electron chi connectivity index (χ3n) is 7.48. The van der Waals surface area contributed by atoms with E-state index in [2.05, 4.69) is 44.3 Å². The van der Waals surface area contributed by atoms with E-state index < -0.39 is 11.6 Å². The second kappa shape index (κ2) is 11.6. The van der Waals surface area contributed by atoms with Gasteiger partial charge in [0.25, 0.3) is 0 Å². The maximum Gasteiger partial charge on any atom is 0.229 e. The Labute approximate surface area is 237 Å². The van der Waals surface area contributed by atoms with E-state index in [-0.39, 0.29) is 12.1 Å². The minimum absolute atomic E-state index is 0.0544. The van der Waals surface area contributed by atoms with Crippen LogP contribution in [0.1, 0.15) is 19.4 Å². The summed E-state index contributed by atoms with van der Waals surface area (Å²) in [6.07, 6.45) is 5.12. The van der Waals surface area contributed by atoms with Gasteiger partial charge in [-0.1, -0.05) is 0 Å². The zero-order valence-electron chi connectivity index (χ0n) is 23.4. The highest BCUT2D eigenvalue weighted by molar-refractivity contribution is 5.79. The van der Waals surface area contributed by atoms with E-state index in [1.165, 1.54) is 12.1 Å². The molecule has 10 nitrogen and oxygen atoms in total. The van der Waals surface area contributed by atoms with Crippen molar-refractivity contribution in [3.63, 3.8) is 0 Å². The van der Waals surface area contributed by atoms with Crippen molar-refractivity contribution >= 4 is 28.5 Å². The zero-order chi connectivity index (χ0) is 28.5. The number of ether oxygens (including phenoxy) is 2. The maximum absolute atomic E-state index is 15.1. The first kappa shape index (κ1) is 27.3. The first-order valence-corrected chi connectivity index (χ1v) is 13.8. The molecule has 2 aliphatic heterocycles. The van der Waals surface area contributed by atoms with Crippen LogP contribution in [0.4, 0.5) is 26.2 Å². The molecule has 2 aliphatic rings. The standard InChI is InChI=1S/C29H34F2N8O2/c1-18-15-38(16-19(2)34-18)28-26(40-3)10-21(14-32-28)35-29-33-13-20-4-5-39(27(20)36-29)22-11-24(30)23(25(31)12-22)17-37-6-8-41-9-7-37/h4-5,10-14,18-19,34H,6-9,15-17H2,1-3H3,(H,33,35,36). The fourth-order valence-corrected chi connectivity index (χ4v) is 5.57. The van der Waals surface area contributed by atoms with Gasteiger partial charge in [-0.05, 0) is 32.0 Å². The number of piperazine rings is 1. The lowest BCUT2D eigenvalue weighted by Gasteiger charge is -2.37. The molecule has 3 aromatic heterocycles. The fraction of sp³-hybridized carbons (Fsp3) is 0.414. The first-order chi connectivity index (χ1) is 19.9. The van der Waals surface area contributed by atoms with Crippen LogP contribution in [0.2, 0.25) is 0 Å². The van der Waals surface area contributed by atoms with Crippen molar-refractivity contribution in [3.8, 4) is 11.4 Å². The molecule has 5 heterocycles. The molecule has 0 radical (unpaired) electrons. The van der Waals surface area contributed by atoms with Crippen LogP contribution in [0.5, 0.6) is 5.75 Å². The van der Waals surface area contributed by atoms with Gasteiger partial charge >= 0.3 is 0 Å². The van der Waals surface area contributed by atoms with Gasteiger partial charge in [0.1, 0.15) is 17.3 Å². The molecule has 2 saturated heterocycles. The number of rotatable bonds is 7. The zero-order valence-corrected chi connectivity index (χ0v) is 23.4. The SMILES string of the molecule is COc1cc(Nc2ncc3ccn(-c4cc(F)c(CN5CCOCC5)c(F)c4)c3n2)cnc1N1CC(C)NC(C)C1. The number of hydrogen-bond donors (Lipinski definition) is 2. The van der Waals surface area contributed by atoms with Gasteiger partial charge < -0.3 is 29.6 Å². The number of anilines is 3. The summed E-state index contributed by atoms with van der Waals surface area (Å²) in [6.45, 7) is 8.57. The number of pyridine rings is 1. The number of nitrogens with one attached hydrogen (secondary N) is 2. The minimum atomic E-state index is -0.590. The Morgan fingerprint density at radius 1 is 1.05 bits per heavy atom. The molecule has 2 fully saturated rings. The number of fused-ring (bicyclic) bond motifs is 1. The summed E-state index contributed by atoms with van der Waals surface area (Å²) in [7, 11) is 1.62. The van der Waals surface area contributed by atoms with Crippen molar-refractivity contribution in [1.82, 2.24) is 29.7 Å². The van der Waals surface area contributed by atoms with Crippen LogP contribution in [0.25, 0.3) is 16.7 Å². The molecule has 216 valence electrons. The summed E-state index contributed by atoms with van der Waals surface area (Å²) in [4.78, 5) is 18.0. The van der Waals surface area contributed by atoms with Crippen LogP contribution in [0, 0.1) is 11.6 Å². The Hall–Kier alpha value is -3.87. The van der Waals surface area contributed by atoms with Gasteiger partial charge in [-0.3, -0.25) is 4.90 Å². The van der Waals surface area contributed by atoms with E-state index in [0.717, 1.165) is 24.3 Å². The van der Waals surface area contributed by atoms with Crippen molar-refractivity contribution in [2.24, 2.45) is 0 Å². The van der Waals surface area contributed by atoms with Gasteiger partial charge in [0.05, 0.1) is 37.9 Å². The summed E-state index contributed by atoms with van der Waals surface area (Å²) in [5.74, 6) is 0.566. The normalized spacial score (nSPS) is 20.0. The Morgan fingerprint density at radius 2 is 1.78 bits per heavy atom. The average Bonchev–Trinajstić information content (AvgIpc) is 3.38. The molecule has 0 amide bonds. The van der Waals surface area contributed by atoms with Crippen LogP contribution in [-0.2, 0) is 11.3 Å². The van der Waals surface area contributed by atoms with Gasteiger partial charge in [-0.15, -0.1) is 0 Å². The van der Waals surface area contributed by atoms with Crippen LogP contribution in [0.3, 0.4) is 0 Å². The number of halogens is 2. The molecule has 6 rings (SSSR count). The summed E-state index contributed by atoms with van der Waals surface area (Å²) in [5.41, 5.74) is 1.57.